The van der Waals surface area contributed by atoms with E-state index in [0.717, 1.165) is 35.2 Å². The number of nitrogens with one attached hydrogen (secondary N) is 1. The molecule has 0 heterocycles. The van der Waals surface area contributed by atoms with Crippen molar-refractivity contribution < 1.29 is 23.1 Å². The van der Waals surface area contributed by atoms with Gasteiger partial charge in [-0.1, -0.05) is 49.4 Å². The van der Waals surface area contributed by atoms with Gasteiger partial charge < -0.3 is 9.83 Å². The average Bonchev–Trinajstić information content (AvgIpc) is 2.71. The number of aryl methyl sites for hydroxylation is 1. The van der Waals surface area contributed by atoms with Crippen molar-refractivity contribution in [2.24, 2.45) is 0 Å². The number of hydrogen-bond acceptors (Lipinski definition) is 3. The van der Waals surface area contributed by atoms with Crippen molar-refractivity contribution in [1.82, 2.24) is 0 Å². The fraction of sp³-hybridized carbons (Fsp3) is 0.136. The number of alkyl halides is 3. The zero-order valence-electron chi connectivity index (χ0n) is 15.5. The first-order valence-electron chi connectivity index (χ1n) is 8.85. The van der Waals surface area contributed by atoms with Gasteiger partial charge in [-0.05, 0) is 53.8 Å². The molecule has 0 radical (unpaired) electrons. The van der Waals surface area contributed by atoms with Crippen LogP contribution in [0.4, 0.5) is 18.9 Å². The van der Waals surface area contributed by atoms with Crippen LogP contribution < -0.4 is 4.72 Å². The Morgan fingerprint density at radius 3 is 2.38 bits per heavy atom. The molecule has 2 N–H and O–H groups in total. The minimum absolute atomic E-state index is 0.124. The second-order valence-electron chi connectivity index (χ2n) is 6.31. The lowest BCUT2D eigenvalue weighted by molar-refractivity contribution is -0.137. The molecule has 0 bridgehead atoms. The molecule has 3 nitrogen and oxygen atoms in total. The van der Waals surface area contributed by atoms with Gasteiger partial charge in [0.1, 0.15) is 0 Å². The molecule has 3 aromatic rings. The first kappa shape index (κ1) is 20.8. The van der Waals surface area contributed by atoms with Crippen LogP contribution in [0, 0.1) is 0 Å². The summed E-state index contributed by atoms with van der Waals surface area (Å²) in [6, 6.07) is 17.4. The number of anilines is 1. The monoisotopic (exact) mass is 417 g/mol. The number of aromatic carboxylic acids is 1. The summed E-state index contributed by atoms with van der Waals surface area (Å²) >= 11 is 1.10. The molecule has 0 saturated carbocycles. The summed E-state index contributed by atoms with van der Waals surface area (Å²) in [4.78, 5) is 11.9. The highest BCUT2D eigenvalue weighted by atomic mass is 32.2. The number of halogens is 3. The third-order valence-corrected chi connectivity index (χ3v) is 5.32. The second kappa shape index (κ2) is 8.61. The topological polar surface area (TPSA) is 49.3 Å². The Hall–Kier alpha value is -2.93. The number of benzene rings is 3. The largest absolute Gasteiger partial charge is 0.478 e. The van der Waals surface area contributed by atoms with Crippen LogP contribution in [0.1, 0.15) is 28.4 Å². The smallest absolute Gasteiger partial charge is 0.416 e. The molecule has 0 aliphatic heterocycles. The SMILES string of the molecule is CCc1ccc(C(=O)O)cc1SNc1cc(C(F)(F)F)ccc1-c1ccccc1. The van der Waals surface area contributed by atoms with Crippen LogP contribution in [0.5, 0.6) is 0 Å². The molecule has 7 heteroatoms. The standard InChI is InChI=1S/C22H18F3NO2S/c1-2-14-8-9-16(21(27)28)12-20(14)29-26-19-13-17(22(23,24)25)10-11-18(19)15-6-4-3-5-7-15/h3-13,26H,2H2,1H3,(H,27,28). The highest BCUT2D eigenvalue weighted by molar-refractivity contribution is 8.00. The van der Waals surface area contributed by atoms with E-state index in [4.69, 9.17) is 0 Å². The van der Waals surface area contributed by atoms with Gasteiger partial charge in [-0.15, -0.1) is 0 Å². The number of carboxylic acid groups (broad SMARTS) is 1. The molecular formula is C22H18F3NO2S. The van der Waals surface area contributed by atoms with Crippen molar-refractivity contribution in [2.45, 2.75) is 24.4 Å². The lowest BCUT2D eigenvalue weighted by atomic mass is 10.0. The van der Waals surface area contributed by atoms with Gasteiger partial charge in [0.2, 0.25) is 0 Å². The lowest BCUT2D eigenvalue weighted by Gasteiger charge is -2.16. The summed E-state index contributed by atoms with van der Waals surface area (Å²) < 4.78 is 42.7. The van der Waals surface area contributed by atoms with E-state index in [1.807, 2.05) is 37.3 Å². The molecule has 0 aliphatic carbocycles. The lowest BCUT2D eigenvalue weighted by Crippen LogP contribution is -2.06. The molecule has 0 aliphatic rings. The van der Waals surface area contributed by atoms with Crippen LogP contribution in [0.15, 0.2) is 71.6 Å². The Balaban J connectivity index is 1.99. The van der Waals surface area contributed by atoms with Crippen LogP contribution in [0.3, 0.4) is 0 Å². The van der Waals surface area contributed by atoms with Crippen molar-refractivity contribution >= 4 is 23.6 Å². The zero-order valence-corrected chi connectivity index (χ0v) is 16.3. The molecule has 0 aromatic heterocycles. The van der Waals surface area contributed by atoms with Gasteiger partial charge in [0.25, 0.3) is 0 Å². The van der Waals surface area contributed by atoms with Crippen LogP contribution in [-0.4, -0.2) is 11.1 Å². The van der Waals surface area contributed by atoms with E-state index in [2.05, 4.69) is 4.72 Å². The minimum atomic E-state index is -4.46. The quantitative estimate of drug-likeness (QED) is 0.436. The van der Waals surface area contributed by atoms with Gasteiger partial charge in [-0.25, -0.2) is 4.79 Å². The highest BCUT2D eigenvalue weighted by Crippen LogP contribution is 2.38. The van der Waals surface area contributed by atoms with E-state index in [-0.39, 0.29) is 5.56 Å². The predicted octanol–water partition coefficient (Wildman–Crippen LogP) is 6.75. The summed E-state index contributed by atoms with van der Waals surface area (Å²) in [5.41, 5.74) is 1.98. The first-order chi connectivity index (χ1) is 13.8. The van der Waals surface area contributed by atoms with Crippen LogP contribution >= 0.6 is 11.9 Å². The molecule has 150 valence electrons. The summed E-state index contributed by atoms with van der Waals surface area (Å²) in [5.74, 6) is -1.06. The molecule has 0 fully saturated rings. The van der Waals surface area contributed by atoms with E-state index in [1.165, 1.54) is 18.2 Å². The highest BCUT2D eigenvalue weighted by Gasteiger charge is 2.31. The predicted molar refractivity (Wildman–Crippen MR) is 109 cm³/mol. The van der Waals surface area contributed by atoms with Crippen molar-refractivity contribution in [3.8, 4) is 11.1 Å². The van der Waals surface area contributed by atoms with Gasteiger partial charge in [0, 0.05) is 10.5 Å². The summed E-state index contributed by atoms with van der Waals surface area (Å²) in [6.45, 7) is 1.93. The third-order valence-electron chi connectivity index (χ3n) is 4.40. The minimum Gasteiger partial charge on any atom is -0.478 e. The Bertz CT molecular complexity index is 1020. The Morgan fingerprint density at radius 2 is 1.76 bits per heavy atom. The van der Waals surface area contributed by atoms with Crippen molar-refractivity contribution in [3.05, 3.63) is 83.4 Å². The maximum absolute atomic E-state index is 13.2. The molecule has 0 unspecified atom stereocenters. The number of carboxylic acids is 1. The molecule has 0 saturated heterocycles. The van der Waals surface area contributed by atoms with Crippen LogP contribution in [0.2, 0.25) is 0 Å². The number of rotatable bonds is 6. The normalized spacial score (nSPS) is 11.3. The maximum atomic E-state index is 13.2. The van der Waals surface area contributed by atoms with Crippen molar-refractivity contribution in [3.63, 3.8) is 0 Å². The summed E-state index contributed by atoms with van der Waals surface area (Å²) in [5, 5.41) is 9.22. The number of carbonyl (C=O) groups is 1. The Labute approximate surface area is 170 Å². The fourth-order valence-electron chi connectivity index (χ4n) is 2.86. The van der Waals surface area contributed by atoms with Gasteiger partial charge in [0.15, 0.2) is 0 Å². The summed E-state index contributed by atoms with van der Waals surface area (Å²) in [7, 11) is 0. The Kier molecular flexibility index (Phi) is 6.17. The van der Waals surface area contributed by atoms with Crippen molar-refractivity contribution in [2.75, 3.05) is 4.72 Å². The van der Waals surface area contributed by atoms with E-state index in [0.29, 0.717) is 22.6 Å². The molecule has 0 atom stereocenters. The zero-order chi connectivity index (χ0) is 21.0. The number of hydrogen-bond donors (Lipinski definition) is 2. The van der Waals surface area contributed by atoms with Gasteiger partial charge >= 0.3 is 12.1 Å². The fourth-order valence-corrected chi connectivity index (χ4v) is 3.78. The summed E-state index contributed by atoms with van der Waals surface area (Å²) in [6.07, 6.45) is -3.80. The second-order valence-corrected chi connectivity index (χ2v) is 7.16. The van der Waals surface area contributed by atoms with Gasteiger partial charge in [-0.2, -0.15) is 13.2 Å². The van der Waals surface area contributed by atoms with E-state index in [9.17, 15) is 23.1 Å². The van der Waals surface area contributed by atoms with E-state index < -0.39 is 17.7 Å². The average molecular weight is 417 g/mol. The molecular weight excluding hydrogens is 399 g/mol. The van der Waals surface area contributed by atoms with E-state index in [1.54, 1.807) is 6.07 Å². The van der Waals surface area contributed by atoms with Crippen LogP contribution in [-0.2, 0) is 12.6 Å². The molecule has 3 rings (SSSR count). The van der Waals surface area contributed by atoms with Crippen LogP contribution in [0.25, 0.3) is 11.1 Å². The molecule has 3 aromatic carbocycles. The van der Waals surface area contributed by atoms with Gasteiger partial charge in [-0.3, -0.25) is 0 Å². The third kappa shape index (κ3) is 4.92. The van der Waals surface area contributed by atoms with E-state index >= 15 is 0 Å². The molecule has 0 spiro atoms. The first-order valence-corrected chi connectivity index (χ1v) is 9.67. The molecule has 29 heavy (non-hydrogen) atoms. The van der Waals surface area contributed by atoms with Crippen molar-refractivity contribution in [1.29, 1.82) is 0 Å². The maximum Gasteiger partial charge on any atom is 0.416 e. The van der Waals surface area contributed by atoms with Gasteiger partial charge in [0.05, 0.1) is 16.8 Å². The molecule has 0 amide bonds. The Morgan fingerprint density at radius 1 is 1.03 bits per heavy atom.